The minimum absolute atomic E-state index is 0.127. The van der Waals surface area contributed by atoms with Gasteiger partial charge in [0.15, 0.2) is 13.1 Å². The first-order chi connectivity index (χ1) is 15.5. The molecule has 0 spiro atoms. The molecule has 0 bridgehead atoms. The van der Waals surface area contributed by atoms with E-state index in [1.54, 1.807) is 13.8 Å². The molecule has 0 aliphatic heterocycles. The third-order valence-electron chi connectivity index (χ3n) is 4.87. The molecule has 0 saturated carbocycles. The molecule has 8 nitrogen and oxygen atoms in total. The van der Waals surface area contributed by atoms with Crippen LogP contribution < -0.4 is 14.7 Å². The van der Waals surface area contributed by atoms with Crippen LogP contribution in [-0.2, 0) is 22.7 Å². The molecule has 2 amide bonds. The highest BCUT2D eigenvalue weighted by Gasteiger charge is 2.22. The number of anilines is 2. The quantitative estimate of drug-likeness (QED) is 0.270. The van der Waals surface area contributed by atoms with Crippen molar-refractivity contribution in [2.45, 2.75) is 26.9 Å². The van der Waals surface area contributed by atoms with Crippen LogP contribution in [0.1, 0.15) is 11.1 Å². The number of hydrogen-bond donors (Lipinski definition) is 2. The third-order valence-corrected chi connectivity index (χ3v) is 6.45. The number of benzene rings is 2. The van der Waals surface area contributed by atoms with Gasteiger partial charge in [-0.05, 0) is 49.2 Å². The van der Waals surface area contributed by atoms with Crippen LogP contribution in [0.15, 0.2) is 43.0 Å². The van der Waals surface area contributed by atoms with Crippen LogP contribution in [0.2, 0.25) is 20.1 Å². The van der Waals surface area contributed by atoms with Gasteiger partial charge < -0.3 is 0 Å². The third kappa shape index (κ3) is 5.78. The van der Waals surface area contributed by atoms with Crippen molar-refractivity contribution >= 4 is 69.6 Å². The molecule has 0 unspecified atom stereocenters. The molecule has 2 N–H and O–H groups in total. The Morgan fingerprint density at radius 2 is 1.27 bits per heavy atom. The van der Waals surface area contributed by atoms with Crippen molar-refractivity contribution in [2.24, 2.45) is 0 Å². The number of rotatable bonds is 6. The fourth-order valence-electron chi connectivity index (χ4n) is 2.87. The van der Waals surface area contributed by atoms with Crippen molar-refractivity contribution in [3.63, 3.8) is 0 Å². The van der Waals surface area contributed by atoms with Crippen LogP contribution in [0.5, 0.6) is 0 Å². The molecule has 0 radical (unpaired) electrons. The summed E-state index contributed by atoms with van der Waals surface area (Å²) in [7, 11) is 0. The monoisotopic (exact) mass is 531 g/mol. The van der Waals surface area contributed by atoms with Crippen molar-refractivity contribution in [1.29, 1.82) is 0 Å². The molecular weight excluding hydrogens is 514 g/mol. The number of hydrogen-bond acceptors (Lipinski definition) is 4. The smallest absolute Gasteiger partial charge is 0.281 e. The van der Waals surface area contributed by atoms with E-state index in [1.165, 1.54) is 52.1 Å². The fraction of sp³-hybridized carbons (Fsp3) is 0.190. The van der Waals surface area contributed by atoms with Crippen LogP contribution in [0.3, 0.4) is 0 Å². The molecule has 12 heteroatoms. The highest BCUT2D eigenvalue weighted by atomic mass is 35.5. The average molecular weight is 533 g/mol. The van der Waals surface area contributed by atoms with Gasteiger partial charge in [-0.2, -0.15) is 10.1 Å². The summed E-state index contributed by atoms with van der Waals surface area (Å²) in [5.41, 5.74) is 1.52. The summed E-state index contributed by atoms with van der Waals surface area (Å²) < 4.78 is 2.91. The average Bonchev–Trinajstić information content (AvgIpc) is 3.20. The van der Waals surface area contributed by atoms with Gasteiger partial charge in [-0.25, -0.2) is 9.13 Å². The van der Waals surface area contributed by atoms with E-state index in [4.69, 9.17) is 46.4 Å². The Kier molecular flexibility index (Phi) is 7.89. The van der Waals surface area contributed by atoms with E-state index in [1.807, 2.05) is 0 Å². The molecule has 0 fully saturated rings. The van der Waals surface area contributed by atoms with Gasteiger partial charge in [0.25, 0.3) is 11.8 Å². The Morgan fingerprint density at radius 1 is 0.848 bits per heavy atom. The maximum atomic E-state index is 12.5. The molecule has 1 heterocycles. The van der Waals surface area contributed by atoms with E-state index >= 15 is 0 Å². The SMILES string of the molecule is Cc1c(Cl)cc(N(O)C(=O)Cn2cc[n+](CC(=O)N(O)c3cc(Cl)c(C)c(Cl)c3)c2)cc1Cl. The molecular formula is C21H19Cl4N4O4+. The second kappa shape index (κ2) is 10.3. The van der Waals surface area contributed by atoms with E-state index in [0.717, 1.165) is 0 Å². The summed E-state index contributed by atoms with van der Waals surface area (Å²) in [6, 6.07) is 5.70. The molecule has 3 rings (SSSR count). The van der Waals surface area contributed by atoms with Crippen molar-refractivity contribution in [3.8, 4) is 0 Å². The van der Waals surface area contributed by atoms with Gasteiger partial charge >= 0.3 is 0 Å². The first-order valence-electron chi connectivity index (χ1n) is 9.47. The summed E-state index contributed by atoms with van der Waals surface area (Å²) in [6.45, 7) is 2.97. The molecule has 0 atom stereocenters. The van der Waals surface area contributed by atoms with E-state index in [9.17, 15) is 20.0 Å². The Labute approximate surface area is 209 Å². The number of aromatic nitrogens is 2. The minimum Gasteiger partial charge on any atom is -0.281 e. The predicted molar refractivity (Wildman–Crippen MR) is 126 cm³/mol. The molecule has 174 valence electrons. The van der Waals surface area contributed by atoms with Gasteiger partial charge in [-0.15, -0.1) is 0 Å². The van der Waals surface area contributed by atoms with Gasteiger partial charge in [-0.1, -0.05) is 46.4 Å². The minimum atomic E-state index is -0.659. The summed E-state index contributed by atoms with van der Waals surface area (Å²) >= 11 is 24.2. The number of halogens is 4. The number of amides is 2. The van der Waals surface area contributed by atoms with E-state index < -0.39 is 11.8 Å². The molecule has 0 aliphatic rings. The summed E-state index contributed by atoms with van der Waals surface area (Å²) in [5, 5.41) is 22.6. The fourth-order valence-corrected chi connectivity index (χ4v) is 3.82. The van der Waals surface area contributed by atoms with Gasteiger partial charge in [0.2, 0.25) is 6.33 Å². The van der Waals surface area contributed by atoms with Gasteiger partial charge in [0, 0.05) is 20.1 Å². The summed E-state index contributed by atoms with van der Waals surface area (Å²) in [4.78, 5) is 24.9. The van der Waals surface area contributed by atoms with Crippen LogP contribution in [-0.4, -0.2) is 26.8 Å². The Bertz CT molecular complexity index is 1090. The summed E-state index contributed by atoms with van der Waals surface area (Å²) in [6.07, 6.45) is 4.55. The Balaban J connectivity index is 1.66. The Morgan fingerprint density at radius 3 is 1.73 bits per heavy atom. The van der Waals surface area contributed by atoms with Crippen LogP contribution in [0.25, 0.3) is 0 Å². The lowest BCUT2D eigenvalue weighted by Crippen LogP contribution is -2.43. The largest absolute Gasteiger partial charge is 0.292 e. The van der Waals surface area contributed by atoms with Crippen LogP contribution >= 0.6 is 46.4 Å². The van der Waals surface area contributed by atoms with Crippen molar-refractivity contribution in [2.75, 3.05) is 10.1 Å². The lowest BCUT2D eigenvalue weighted by Gasteiger charge is -2.16. The molecule has 0 aliphatic carbocycles. The maximum Gasteiger partial charge on any atom is 0.292 e. The maximum absolute atomic E-state index is 12.5. The number of carbonyl (C=O) groups is 2. The lowest BCUT2D eigenvalue weighted by atomic mass is 10.2. The highest BCUT2D eigenvalue weighted by Crippen LogP contribution is 2.30. The van der Waals surface area contributed by atoms with Crippen molar-refractivity contribution in [1.82, 2.24) is 4.57 Å². The number of hydroxylamine groups is 2. The van der Waals surface area contributed by atoms with E-state index in [2.05, 4.69) is 0 Å². The number of carbonyl (C=O) groups excluding carboxylic acids is 2. The molecule has 0 saturated heterocycles. The van der Waals surface area contributed by atoms with E-state index in [0.29, 0.717) is 41.3 Å². The summed E-state index contributed by atoms with van der Waals surface area (Å²) in [5.74, 6) is -1.32. The van der Waals surface area contributed by atoms with E-state index in [-0.39, 0.29) is 24.5 Å². The number of imidazole rings is 1. The lowest BCUT2D eigenvalue weighted by molar-refractivity contribution is -0.683. The molecule has 33 heavy (non-hydrogen) atoms. The van der Waals surface area contributed by atoms with Crippen LogP contribution in [0.4, 0.5) is 11.4 Å². The Hall–Kier alpha value is -2.33. The standard InChI is InChI=1S/C21H19Cl4N4O4/c1-12-16(22)5-14(6-17(12)23)28(32)20(30)9-26-3-4-27(11-26)10-21(31)29(33)15-7-18(24)13(2)19(25)8-15/h3-8,11,32-33H,9-10H2,1-2H3/q+1. The van der Waals surface area contributed by atoms with Gasteiger partial charge in [0.05, 0.1) is 11.4 Å². The van der Waals surface area contributed by atoms with Crippen molar-refractivity contribution in [3.05, 3.63) is 74.2 Å². The highest BCUT2D eigenvalue weighted by molar-refractivity contribution is 6.37. The first kappa shape index (κ1) is 25.3. The van der Waals surface area contributed by atoms with Crippen LogP contribution in [0, 0.1) is 13.8 Å². The molecule has 2 aromatic carbocycles. The van der Waals surface area contributed by atoms with Gasteiger partial charge in [0.1, 0.15) is 12.4 Å². The molecule has 3 aromatic rings. The normalized spacial score (nSPS) is 10.9. The zero-order chi connectivity index (χ0) is 24.4. The van der Waals surface area contributed by atoms with Gasteiger partial charge in [-0.3, -0.25) is 20.0 Å². The second-order valence-electron chi connectivity index (χ2n) is 7.24. The zero-order valence-electron chi connectivity index (χ0n) is 17.5. The number of nitrogens with zero attached hydrogens (tertiary/aromatic N) is 4. The zero-order valence-corrected chi connectivity index (χ0v) is 20.5. The first-order valence-corrected chi connectivity index (χ1v) is 11.0. The van der Waals surface area contributed by atoms with Crippen molar-refractivity contribution < 1.29 is 24.6 Å². The molecule has 1 aromatic heterocycles. The second-order valence-corrected chi connectivity index (χ2v) is 8.87. The topological polar surface area (TPSA) is 89.9 Å². The predicted octanol–water partition coefficient (Wildman–Crippen LogP) is 4.85.